The Balaban J connectivity index is -0.0000000800. The Morgan fingerprint density at radius 3 is 1.14 bits per heavy atom. The fourth-order valence-electron chi connectivity index (χ4n) is 0. The topological polar surface area (TPSA) is 80.3 Å². The van der Waals surface area contributed by atoms with Gasteiger partial charge in [-0.15, -0.1) is 0 Å². The molecule has 0 N–H and O–H groups in total. The van der Waals surface area contributed by atoms with E-state index in [4.69, 9.17) is 17.5 Å². The van der Waals surface area contributed by atoms with Crippen LogP contribution in [0.25, 0.3) is 0 Å². The molecule has 0 aliphatic carbocycles. The Morgan fingerprint density at radius 1 is 1.14 bits per heavy atom. The van der Waals surface area contributed by atoms with E-state index in [9.17, 15) is 0 Å². The van der Waals surface area contributed by atoms with E-state index >= 15 is 0 Å². The van der Waals surface area contributed by atoms with Crippen molar-refractivity contribution < 1.29 is 37.0 Å². The molecule has 7 heteroatoms. The maximum atomic E-state index is 8.52. The van der Waals surface area contributed by atoms with Crippen LogP contribution in [0.1, 0.15) is 0 Å². The molecule has 0 aromatic heterocycles. The van der Waals surface area contributed by atoms with Crippen LogP contribution in [0.3, 0.4) is 0 Å². The maximum Gasteiger partial charge on any atom is 3.00 e. The largest absolute Gasteiger partial charge is 3.00 e. The fraction of sp³-hybridized carbons (Fsp3) is 0. The molecule has 0 unspecified atom stereocenters. The molecule has 38 valence electrons. The molecule has 0 radical (unpaired) electrons. The van der Waals surface area contributed by atoms with Crippen molar-refractivity contribution in [3.8, 4) is 0 Å². The van der Waals surface area contributed by atoms with E-state index in [1.165, 1.54) is 0 Å². The summed E-state index contributed by atoms with van der Waals surface area (Å²) >= 11 is 0. The predicted molar refractivity (Wildman–Crippen MR) is 16.2 cm³/mol. The first-order chi connectivity index (χ1) is 2.00. The number of hydrogen-bond donors (Lipinski definition) is 0. The van der Waals surface area contributed by atoms with Crippen LogP contribution < -0.4 is 0 Å². The first kappa shape index (κ1) is 16.0. The molecule has 4 nitrogen and oxygen atoms in total. The zero-order chi connectivity index (χ0) is 4.50. The van der Waals surface area contributed by atoms with Gasteiger partial charge in [-0.1, -0.05) is 0 Å². The third kappa shape index (κ3) is 69.6. The van der Waals surface area contributed by atoms with Crippen molar-refractivity contribution in [2.75, 3.05) is 0 Å². The third-order valence-corrected chi connectivity index (χ3v) is 0. The van der Waals surface area contributed by atoms with Crippen LogP contribution in [0.5, 0.6) is 0 Å². The summed E-state index contributed by atoms with van der Waals surface area (Å²) in [5.41, 5.74) is 0. The molecular weight excluding hydrogens is 336 g/mol. The predicted octanol–water partition coefficient (Wildman–Crippen LogP) is -1.72. The molecule has 0 saturated carbocycles. The van der Waals surface area contributed by atoms with Gasteiger partial charge in [0.1, 0.15) is 0 Å². The monoisotopic (exact) mass is 337 g/mol. The molecule has 7 heavy (non-hydrogen) atoms. The van der Waals surface area contributed by atoms with Crippen LogP contribution in [0, 0.1) is 0 Å². The van der Waals surface area contributed by atoms with Gasteiger partial charge in [-0.2, -0.15) is 0 Å². The summed E-state index contributed by atoms with van der Waals surface area (Å²) in [4.78, 5) is 0. The second-order valence-corrected chi connectivity index (χ2v) is 1.22. The molecule has 0 bridgehead atoms. The van der Waals surface area contributed by atoms with Crippen molar-refractivity contribution in [1.29, 1.82) is 0 Å². The quantitative estimate of drug-likeness (QED) is 0.299. The smallest absolute Gasteiger partial charge is 0.759 e. The van der Waals surface area contributed by atoms with E-state index in [0.29, 0.717) is 0 Å². The molecule has 0 aromatic rings. The van der Waals surface area contributed by atoms with Crippen LogP contribution in [0.4, 0.5) is 0 Å². The molecule has 0 atom stereocenters. The first-order valence-corrected chi connectivity index (χ1v) is 2.00. The normalized spacial score (nSPS) is 8.29. The van der Waals surface area contributed by atoms with Gasteiger partial charge in [-0.25, -0.2) is 0 Å². The Bertz CT molecular complexity index is 94.9. The molecule has 0 heterocycles. The molecule has 0 saturated heterocycles. The summed E-state index contributed by atoms with van der Waals surface area (Å²) in [5.74, 6) is 0. The summed E-state index contributed by atoms with van der Waals surface area (Å²) in [5, 5.41) is 0. The Kier molecular flexibility index (Phi) is 14.2. The maximum absolute atomic E-state index is 8.52. The second-order valence-electron chi connectivity index (χ2n) is 0.408. The average Bonchev–Trinajstić information content (AvgIpc) is 0.722. The van der Waals surface area contributed by atoms with E-state index in [-0.39, 0.29) is 68.4 Å². The molecule has 0 spiro atoms. The molecule has 0 aliphatic heterocycles. The van der Waals surface area contributed by atoms with E-state index in [2.05, 4.69) is 0 Å². The van der Waals surface area contributed by atoms with Crippen molar-refractivity contribution in [3.05, 3.63) is 0 Å². The summed E-state index contributed by atoms with van der Waals surface area (Å²) in [6, 6.07) is 0. The van der Waals surface area contributed by atoms with Gasteiger partial charge in [0.05, 0.1) is 0 Å². The van der Waals surface area contributed by atoms with Crippen molar-refractivity contribution in [1.82, 2.24) is 0 Å². The van der Waals surface area contributed by atoms with Crippen molar-refractivity contribution in [3.63, 3.8) is 0 Å². The average molecular weight is 336 g/mol. The van der Waals surface area contributed by atoms with Crippen LogP contribution in [-0.4, -0.2) is 66.4 Å². The van der Waals surface area contributed by atoms with Crippen LogP contribution in [-0.2, 0) is 29.9 Å². The standard InChI is InChI=1S/Ba.H2O4S.Rh/c;1-5(2,3)4;/h;(H2,1,2,3,4);/q+2;;+3/p-2. The Labute approximate surface area is 94.5 Å². The Hall–Kier alpha value is 2.06. The SMILES string of the molecule is O=S(=O)([O-])[O-].[Ba+2].[Rh+3]. The van der Waals surface area contributed by atoms with Crippen molar-refractivity contribution >= 4 is 59.3 Å². The summed E-state index contributed by atoms with van der Waals surface area (Å²) < 4.78 is 34.1. The van der Waals surface area contributed by atoms with E-state index < -0.39 is 10.4 Å². The van der Waals surface area contributed by atoms with Gasteiger partial charge in [0, 0.05) is 10.4 Å². The third-order valence-electron chi connectivity index (χ3n) is 0. The summed E-state index contributed by atoms with van der Waals surface area (Å²) in [6.45, 7) is 0. The van der Waals surface area contributed by atoms with Crippen LogP contribution in [0.15, 0.2) is 0 Å². The van der Waals surface area contributed by atoms with Gasteiger partial charge >= 0.3 is 68.4 Å². The zero-order valence-corrected chi connectivity index (χ0v) is 9.98. The second kappa shape index (κ2) is 6.19. The minimum atomic E-state index is -5.17. The van der Waals surface area contributed by atoms with E-state index in [1.54, 1.807) is 0 Å². The Morgan fingerprint density at radius 2 is 1.14 bits per heavy atom. The van der Waals surface area contributed by atoms with Crippen molar-refractivity contribution in [2.24, 2.45) is 0 Å². The van der Waals surface area contributed by atoms with E-state index in [0.717, 1.165) is 0 Å². The zero-order valence-electron chi connectivity index (χ0n) is 3.08. The fourth-order valence-corrected chi connectivity index (χ4v) is 0. The van der Waals surface area contributed by atoms with Gasteiger partial charge in [-0.3, -0.25) is 8.42 Å². The van der Waals surface area contributed by atoms with Crippen LogP contribution in [0.2, 0.25) is 0 Å². The summed E-state index contributed by atoms with van der Waals surface area (Å²) in [6.07, 6.45) is 0. The molecule has 0 amide bonds. The summed E-state index contributed by atoms with van der Waals surface area (Å²) in [7, 11) is -5.17. The first-order valence-electron chi connectivity index (χ1n) is 0.667. The molecule has 0 rings (SSSR count). The van der Waals surface area contributed by atoms with Gasteiger partial charge < -0.3 is 9.11 Å². The number of rotatable bonds is 0. The van der Waals surface area contributed by atoms with Crippen molar-refractivity contribution in [2.45, 2.75) is 0 Å². The van der Waals surface area contributed by atoms with Gasteiger partial charge in [-0.05, 0) is 0 Å². The van der Waals surface area contributed by atoms with E-state index in [1.807, 2.05) is 0 Å². The minimum Gasteiger partial charge on any atom is -0.759 e. The number of hydrogen-bond acceptors (Lipinski definition) is 4. The van der Waals surface area contributed by atoms with Gasteiger partial charge in [0.25, 0.3) is 0 Å². The van der Waals surface area contributed by atoms with Gasteiger partial charge in [0.2, 0.25) is 0 Å². The van der Waals surface area contributed by atoms with Gasteiger partial charge in [0.15, 0.2) is 0 Å². The molecule has 0 aliphatic rings. The molecule has 0 fully saturated rings. The molecular formula is BaO4RhS+3. The molecule has 0 aromatic carbocycles. The van der Waals surface area contributed by atoms with Crippen LogP contribution >= 0.6 is 0 Å². The minimum absolute atomic E-state index is 0.